The minimum atomic E-state index is -1.82. The van der Waals surface area contributed by atoms with Crippen LogP contribution in [-0.4, -0.2) is 99.3 Å². The third-order valence-corrected chi connectivity index (χ3v) is 6.20. The first kappa shape index (κ1) is 34.9. The van der Waals surface area contributed by atoms with Crippen LogP contribution in [0.3, 0.4) is 0 Å². The maximum absolute atomic E-state index is 12.7. The number of aliphatic carboxylic acids is 4. The van der Waals surface area contributed by atoms with Crippen molar-refractivity contribution < 1.29 is 44.4 Å². The van der Waals surface area contributed by atoms with E-state index in [0.717, 1.165) is 50.4 Å². The molecule has 0 saturated carbocycles. The molecule has 3 aromatic rings. The highest BCUT2D eigenvalue weighted by atomic mass is 16.4. The molecule has 5 N–H and O–H groups in total. The van der Waals surface area contributed by atoms with Gasteiger partial charge in [0.05, 0.1) is 6.54 Å². The lowest BCUT2D eigenvalue weighted by molar-refractivity contribution is -0.159. The average Bonchev–Trinajstić information content (AvgIpc) is 3.00. The van der Waals surface area contributed by atoms with Gasteiger partial charge in [0, 0.05) is 38.4 Å². The molecule has 1 saturated heterocycles. The number of nitrogens with zero attached hydrogens (tertiary/aromatic N) is 2. The monoisotopic (exact) mass is 605 g/mol. The summed E-state index contributed by atoms with van der Waals surface area (Å²) in [4.78, 5) is 53.8. The molecule has 44 heavy (non-hydrogen) atoms. The Morgan fingerprint density at radius 3 is 1.66 bits per heavy atom. The van der Waals surface area contributed by atoms with Crippen molar-refractivity contribution in [2.24, 2.45) is 0 Å². The van der Waals surface area contributed by atoms with Gasteiger partial charge in [0.25, 0.3) is 0 Å². The third-order valence-electron chi connectivity index (χ3n) is 6.20. The van der Waals surface area contributed by atoms with Gasteiger partial charge in [0.2, 0.25) is 5.91 Å². The normalized spacial score (nSPS) is 13.0. The lowest BCUT2D eigenvalue weighted by Gasteiger charge is -2.33. The van der Waals surface area contributed by atoms with Crippen molar-refractivity contribution in [1.82, 2.24) is 9.80 Å². The number of carbonyl (C=O) groups is 5. The highest BCUT2D eigenvalue weighted by molar-refractivity contribution is 6.27. The van der Waals surface area contributed by atoms with E-state index in [1.54, 1.807) is 0 Å². The van der Waals surface area contributed by atoms with Crippen molar-refractivity contribution in [2.45, 2.75) is 6.42 Å². The van der Waals surface area contributed by atoms with Gasteiger partial charge in [0.1, 0.15) is 0 Å². The van der Waals surface area contributed by atoms with Gasteiger partial charge in [-0.15, -0.1) is 0 Å². The zero-order valence-corrected chi connectivity index (χ0v) is 23.9. The third kappa shape index (κ3) is 14.0. The molecule has 0 radical (unpaired) electrons. The molecule has 0 atom stereocenters. The first-order valence-corrected chi connectivity index (χ1v) is 13.6. The lowest BCUT2D eigenvalue weighted by Crippen LogP contribution is -2.48. The van der Waals surface area contributed by atoms with Crippen molar-refractivity contribution in [1.29, 1.82) is 0 Å². The predicted molar refractivity (Wildman–Crippen MR) is 163 cm³/mol. The summed E-state index contributed by atoms with van der Waals surface area (Å²) >= 11 is 0. The fourth-order valence-corrected chi connectivity index (χ4v) is 4.04. The van der Waals surface area contributed by atoms with Crippen LogP contribution in [-0.2, 0) is 30.4 Å². The Morgan fingerprint density at radius 1 is 0.636 bits per heavy atom. The number of para-hydroxylation sites is 1. The second kappa shape index (κ2) is 19.0. The largest absolute Gasteiger partial charge is 0.473 e. The summed E-state index contributed by atoms with van der Waals surface area (Å²) in [5.41, 5.74) is 4.52. The Morgan fingerprint density at radius 2 is 1.11 bits per heavy atom. The molecular formula is C32H35N3O9. The molecule has 1 amide bonds. The van der Waals surface area contributed by atoms with E-state index in [2.05, 4.69) is 69.7 Å². The molecule has 4 rings (SSSR count). The maximum Gasteiger partial charge on any atom is 0.414 e. The van der Waals surface area contributed by atoms with Gasteiger partial charge in [-0.1, -0.05) is 91.0 Å². The Bertz CT molecular complexity index is 1360. The second-order valence-corrected chi connectivity index (χ2v) is 9.48. The van der Waals surface area contributed by atoms with Gasteiger partial charge in [0.15, 0.2) is 0 Å². The van der Waals surface area contributed by atoms with Crippen molar-refractivity contribution in [3.63, 3.8) is 0 Å². The molecule has 0 unspecified atom stereocenters. The summed E-state index contributed by atoms with van der Waals surface area (Å²) in [6, 6.07) is 28.8. The number of nitrogens with one attached hydrogen (secondary N) is 1. The van der Waals surface area contributed by atoms with E-state index >= 15 is 0 Å². The van der Waals surface area contributed by atoms with Crippen LogP contribution in [0.5, 0.6) is 0 Å². The van der Waals surface area contributed by atoms with Gasteiger partial charge < -0.3 is 25.7 Å². The molecular weight excluding hydrogens is 570 g/mol. The molecule has 1 fully saturated rings. The van der Waals surface area contributed by atoms with Crippen molar-refractivity contribution in [3.05, 3.63) is 108 Å². The van der Waals surface area contributed by atoms with E-state index in [0.29, 0.717) is 6.54 Å². The van der Waals surface area contributed by atoms with Crippen LogP contribution in [0.2, 0.25) is 0 Å². The molecule has 232 valence electrons. The van der Waals surface area contributed by atoms with Crippen LogP contribution < -0.4 is 5.32 Å². The number of piperazine rings is 1. The standard InChI is InChI=1S/C28H31N3O.2C2H2O4/c32-28(29-27-16-8-7-15-26(27)22-25-12-5-2-6-13-25)23-31-20-18-30(19-21-31)17-9-14-24-10-3-1-4-11-24;2*3-1(4)2(5)6/h1-16H,17-23H2,(H,29,32);2*(H,3,4)(H,5,6). The first-order valence-electron chi connectivity index (χ1n) is 13.6. The molecule has 0 bridgehead atoms. The Labute approximate surface area is 254 Å². The van der Waals surface area contributed by atoms with Crippen LogP contribution in [0.1, 0.15) is 16.7 Å². The molecule has 1 aliphatic heterocycles. The van der Waals surface area contributed by atoms with Gasteiger partial charge in [-0.3, -0.25) is 14.6 Å². The highest BCUT2D eigenvalue weighted by Gasteiger charge is 2.18. The van der Waals surface area contributed by atoms with E-state index in [1.165, 1.54) is 11.1 Å². The summed E-state index contributed by atoms with van der Waals surface area (Å²) < 4.78 is 0. The molecule has 0 spiro atoms. The number of rotatable bonds is 8. The Hall–Kier alpha value is -5.33. The fourth-order valence-electron chi connectivity index (χ4n) is 4.04. The highest BCUT2D eigenvalue weighted by Crippen LogP contribution is 2.19. The van der Waals surface area contributed by atoms with Crippen LogP contribution in [0.4, 0.5) is 5.69 Å². The Kier molecular flexibility index (Phi) is 15.0. The minimum absolute atomic E-state index is 0.0583. The fraction of sp³-hybridized carbons (Fsp3) is 0.219. The summed E-state index contributed by atoms with van der Waals surface area (Å²) in [6.45, 7) is 5.18. The summed E-state index contributed by atoms with van der Waals surface area (Å²) in [5.74, 6) is -7.24. The van der Waals surface area contributed by atoms with Crippen molar-refractivity contribution in [2.75, 3.05) is 44.6 Å². The maximum atomic E-state index is 12.7. The molecule has 0 aliphatic carbocycles. The topological polar surface area (TPSA) is 185 Å². The predicted octanol–water partition coefficient (Wildman–Crippen LogP) is 2.86. The number of carboxylic acids is 4. The SMILES string of the molecule is O=C(CN1CCN(CC=Cc2ccccc2)CC1)Nc1ccccc1Cc1ccccc1.O=C(O)C(=O)O.O=C(O)C(=O)O. The van der Waals surface area contributed by atoms with Gasteiger partial charge >= 0.3 is 23.9 Å². The number of anilines is 1. The Balaban J connectivity index is 0.000000477. The van der Waals surface area contributed by atoms with E-state index in [9.17, 15) is 4.79 Å². The molecule has 12 nitrogen and oxygen atoms in total. The smallest absolute Gasteiger partial charge is 0.414 e. The van der Waals surface area contributed by atoms with Crippen molar-refractivity contribution >= 4 is 41.5 Å². The second-order valence-electron chi connectivity index (χ2n) is 9.48. The molecule has 12 heteroatoms. The van der Waals surface area contributed by atoms with Gasteiger partial charge in [-0.05, 0) is 29.2 Å². The van der Waals surface area contributed by atoms with Crippen LogP contribution in [0.25, 0.3) is 6.08 Å². The number of carboxylic acid groups (broad SMARTS) is 4. The van der Waals surface area contributed by atoms with Crippen molar-refractivity contribution in [3.8, 4) is 0 Å². The number of hydrogen-bond acceptors (Lipinski definition) is 7. The average molecular weight is 606 g/mol. The first-order chi connectivity index (χ1) is 21.0. The molecule has 0 aromatic heterocycles. The lowest BCUT2D eigenvalue weighted by atomic mass is 10.0. The molecule has 1 aliphatic rings. The van der Waals surface area contributed by atoms with Crippen LogP contribution in [0, 0.1) is 0 Å². The van der Waals surface area contributed by atoms with Crippen LogP contribution in [0.15, 0.2) is 91.0 Å². The van der Waals surface area contributed by atoms with Crippen LogP contribution >= 0.6 is 0 Å². The number of carbonyl (C=O) groups excluding carboxylic acids is 1. The number of amides is 1. The zero-order chi connectivity index (χ0) is 32.3. The van der Waals surface area contributed by atoms with Gasteiger partial charge in [-0.25, -0.2) is 19.2 Å². The number of hydrogen-bond donors (Lipinski definition) is 5. The molecule has 3 aromatic carbocycles. The zero-order valence-electron chi connectivity index (χ0n) is 23.9. The summed E-state index contributed by atoms with van der Waals surface area (Å²) in [7, 11) is 0. The summed E-state index contributed by atoms with van der Waals surface area (Å²) in [5, 5.41) is 32.7. The van der Waals surface area contributed by atoms with E-state index < -0.39 is 23.9 Å². The quantitative estimate of drug-likeness (QED) is 0.238. The molecule has 1 heterocycles. The van der Waals surface area contributed by atoms with Gasteiger partial charge in [-0.2, -0.15) is 0 Å². The van der Waals surface area contributed by atoms with E-state index in [-0.39, 0.29) is 5.91 Å². The van der Waals surface area contributed by atoms with E-state index in [4.69, 9.17) is 39.6 Å². The minimum Gasteiger partial charge on any atom is -0.473 e. The number of benzene rings is 3. The summed E-state index contributed by atoms with van der Waals surface area (Å²) in [6.07, 6.45) is 5.21. The van der Waals surface area contributed by atoms with E-state index in [1.807, 2.05) is 42.5 Å².